The zero-order valence-corrected chi connectivity index (χ0v) is 10.6. The maximum absolute atomic E-state index is 11.4. The molecule has 0 saturated carbocycles. The van der Waals surface area contributed by atoms with Crippen LogP contribution >= 0.6 is 11.8 Å². The molecule has 0 atom stereocenters. The lowest BCUT2D eigenvalue weighted by Gasteiger charge is -2.06. The van der Waals surface area contributed by atoms with Crippen LogP contribution in [0.15, 0.2) is 29.2 Å². The minimum atomic E-state index is 0.0756. The van der Waals surface area contributed by atoms with Crippen molar-refractivity contribution in [3.05, 3.63) is 34.7 Å². The molecular weight excluding hydrogens is 220 g/mol. The van der Waals surface area contributed by atoms with Gasteiger partial charge in [0.05, 0.1) is 0 Å². The zero-order chi connectivity index (χ0) is 11.6. The lowest BCUT2D eigenvalue weighted by molar-refractivity contribution is 0.571. The molecule has 90 valence electrons. The highest BCUT2D eigenvalue weighted by molar-refractivity contribution is 7.98. The second-order valence-electron chi connectivity index (χ2n) is 3.68. The summed E-state index contributed by atoms with van der Waals surface area (Å²) in [4.78, 5) is 11.4. The fourth-order valence-corrected chi connectivity index (χ4v) is 1.96. The first-order valence-corrected chi connectivity index (χ1v) is 7.09. The van der Waals surface area contributed by atoms with E-state index < -0.39 is 0 Å². The van der Waals surface area contributed by atoms with Gasteiger partial charge in [-0.15, -0.1) is 0 Å². The Balaban J connectivity index is 2.08. The summed E-state index contributed by atoms with van der Waals surface area (Å²) in [6.07, 6.45) is 6.44. The van der Waals surface area contributed by atoms with Crippen molar-refractivity contribution in [2.45, 2.75) is 19.4 Å². The Kier molecular flexibility index (Phi) is 7.01. The Labute approximate surface area is 101 Å². The molecule has 0 aliphatic carbocycles. The van der Waals surface area contributed by atoms with Crippen molar-refractivity contribution >= 4 is 11.8 Å². The smallest absolute Gasteiger partial charge is 0.250 e. The van der Waals surface area contributed by atoms with Crippen LogP contribution in [-0.2, 0) is 6.54 Å². The quantitative estimate of drug-likeness (QED) is 0.701. The number of hydrogen-bond acceptors (Lipinski definition) is 3. The van der Waals surface area contributed by atoms with Crippen LogP contribution in [0.5, 0.6) is 0 Å². The van der Waals surface area contributed by atoms with Gasteiger partial charge in [0.15, 0.2) is 0 Å². The Hall–Kier alpha value is -0.740. The highest BCUT2D eigenvalue weighted by Crippen LogP contribution is 1.97. The van der Waals surface area contributed by atoms with Crippen molar-refractivity contribution < 1.29 is 0 Å². The van der Waals surface area contributed by atoms with E-state index in [1.54, 1.807) is 16.7 Å². The summed E-state index contributed by atoms with van der Waals surface area (Å²) in [5.41, 5.74) is 0.0756. The number of hydrogen-bond donors (Lipinski definition) is 1. The standard InChI is InChI=1S/C12H20N2OS/c1-16-11-5-3-7-13-8-10-14-9-4-2-6-12(14)15/h2,4,6,9,13H,3,5,7-8,10-11H2,1H3. The van der Waals surface area contributed by atoms with Gasteiger partial charge >= 0.3 is 0 Å². The molecule has 0 fully saturated rings. The minimum absolute atomic E-state index is 0.0756. The summed E-state index contributed by atoms with van der Waals surface area (Å²) in [5, 5.41) is 3.35. The maximum atomic E-state index is 11.4. The molecule has 16 heavy (non-hydrogen) atoms. The first-order chi connectivity index (χ1) is 7.84. The van der Waals surface area contributed by atoms with E-state index in [4.69, 9.17) is 0 Å². The van der Waals surface area contributed by atoms with Crippen LogP contribution in [0.4, 0.5) is 0 Å². The fraction of sp³-hybridized carbons (Fsp3) is 0.583. The van der Waals surface area contributed by atoms with Crippen molar-refractivity contribution in [1.29, 1.82) is 0 Å². The number of pyridine rings is 1. The third kappa shape index (κ3) is 5.37. The highest BCUT2D eigenvalue weighted by atomic mass is 32.2. The predicted molar refractivity (Wildman–Crippen MR) is 71.2 cm³/mol. The second kappa shape index (κ2) is 8.42. The lowest BCUT2D eigenvalue weighted by atomic mass is 10.3. The van der Waals surface area contributed by atoms with Gasteiger partial charge in [-0.25, -0.2) is 0 Å². The van der Waals surface area contributed by atoms with E-state index in [2.05, 4.69) is 11.6 Å². The van der Waals surface area contributed by atoms with Gasteiger partial charge in [-0.1, -0.05) is 6.07 Å². The van der Waals surface area contributed by atoms with E-state index in [-0.39, 0.29) is 5.56 Å². The van der Waals surface area contributed by atoms with Gasteiger partial charge in [0.2, 0.25) is 0 Å². The average molecular weight is 240 g/mol. The SMILES string of the molecule is CSCCCCNCCn1ccccc1=O. The van der Waals surface area contributed by atoms with Gasteiger partial charge < -0.3 is 9.88 Å². The van der Waals surface area contributed by atoms with Crippen LogP contribution < -0.4 is 10.9 Å². The largest absolute Gasteiger partial charge is 0.315 e. The van der Waals surface area contributed by atoms with E-state index in [0.717, 1.165) is 19.6 Å². The van der Waals surface area contributed by atoms with E-state index in [1.807, 2.05) is 24.0 Å². The van der Waals surface area contributed by atoms with Crippen LogP contribution in [-0.4, -0.2) is 29.7 Å². The number of thioether (sulfide) groups is 1. The summed E-state index contributed by atoms with van der Waals surface area (Å²) in [6, 6.07) is 5.26. The summed E-state index contributed by atoms with van der Waals surface area (Å²) in [7, 11) is 0. The van der Waals surface area contributed by atoms with E-state index in [0.29, 0.717) is 0 Å². The molecule has 1 rings (SSSR count). The van der Waals surface area contributed by atoms with Gasteiger partial charge in [-0.2, -0.15) is 11.8 Å². The summed E-state index contributed by atoms with van der Waals surface area (Å²) in [5.74, 6) is 1.24. The topological polar surface area (TPSA) is 34.0 Å². The fourth-order valence-electron chi connectivity index (χ4n) is 1.47. The average Bonchev–Trinajstić information content (AvgIpc) is 2.30. The van der Waals surface area contributed by atoms with Crippen LogP contribution in [0.2, 0.25) is 0 Å². The van der Waals surface area contributed by atoms with Gasteiger partial charge in [0, 0.05) is 25.4 Å². The molecular formula is C12H20N2OS. The molecule has 0 radical (unpaired) electrons. The van der Waals surface area contributed by atoms with Crippen LogP contribution in [0.3, 0.4) is 0 Å². The molecule has 1 aromatic heterocycles. The van der Waals surface area contributed by atoms with Gasteiger partial charge in [0.25, 0.3) is 5.56 Å². The zero-order valence-electron chi connectivity index (χ0n) is 9.82. The van der Waals surface area contributed by atoms with Crippen LogP contribution in [0, 0.1) is 0 Å². The van der Waals surface area contributed by atoms with Crippen molar-refractivity contribution in [2.24, 2.45) is 0 Å². The molecule has 0 aliphatic heterocycles. The van der Waals surface area contributed by atoms with Crippen molar-refractivity contribution in [3.8, 4) is 0 Å². The first-order valence-electron chi connectivity index (χ1n) is 5.69. The molecule has 0 bridgehead atoms. The van der Waals surface area contributed by atoms with E-state index in [1.165, 1.54) is 18.6 Å². The number of nitrogens with zero attached hydrogens (tertiary/aromatic N) is 1. The molecule has 1 heterocycles. The highest BCUT2D eigenvalue weighted by Gasteiger charge is 1.93. The Morgan fingerprint density at radius 1 is 1.31 bits per heavy atom. The van der Waals surface area contributed by atoms with Crippen LogP contribution in [0.25, 0.3) is 0 Å². The molecule has 1 N–H and O–H groups in total. The van der Waals surface area contributed by atoms with E-state index in [9.17, 15) is 4.79 Å². The number of unbranched alkanes of at least 4 members (excludes halogenated alkanes) is 1. The number of rotatable bonds is 8. The lowest BCUT2D eigenvalue weighted by Crippen LogP contribution is -2.26. The van der Waals surface area contributed by atoms with E-state index >= 15 is 0 Å². The predicted octanol–water partition coefficient (Wildman–Crippen LogP) is 1.58. The molecule has 0 unspecified atom stereocenters. The van der Waals surface area contributed by atoms with Crippen molar-refractivity contribution in [2.75, 3.05) is 25.1 Å². The van der Waals surface area contributed by atoms with Gasteiger partial charge in [0.1, 0.15) is 0 Å². The molecule has 0 spiro atoms. The third-order valence-corrected chi connectivity index (χ3v) is 3.08. The minimum Gasteiger partial charge on any atom is -0.315 e. The van der Waals surface area contributed by atoms with Crippen molar-refractivity contribution in [1.82, 2.24) is 9.88 Å². The molecule has 0 aromatic carbocycles. The van der Waals surface area contributed by atoms with Gasteiger partial charge in [-0.05, 0) is 37.5 Å². The number of nitrogens with one attached hydrogen (secondary N) is 1. The molecule has 3 nitrogen and oxygen atoms in total. The molecule has 1 aromatic rings. The first kappa shape index (κ1) is 13.3. The van der Waals surface area contributed by atoms with Crippen LogP contribution in [0.1, 0.15) is 12.8 Å². The molecule has 0 aliphatic rings. The number of aromatic nitrogens is 1. The third-order valence-electron chi connectivity index (χ3n) is 2.38. The maximum Gasteiger partial charge on any atom is 0.250 e. The van der Waals surface area contributed by atoms with Crippen molar-refractivity contribution in [3.63, 3.8) is 0 Å². The monoisotopic (exact) mass is 240 g/mol. The summed E-state index contributed by atoms with van der Waals surface area (Å²) >= 11 is 1.89. The van der Waals surface area contributed by atoms with Gasteiger partial charge in [-0.3, -0.25) is 4.79 Å². The molecule has 4 heteroatoms. The molecule has 0 saturated heterocycles. The molecule has 0 amide bonds. The summed E-state index contributed by atoms with van der Waals surface area (Å²) in [6.45, 7) is 2.66. The normalized spacial score (nSPS) is 10.6. The summed E-state index contributed by atoms with van der Waals surface area (Å²) < 4.78 is 1.73. The second-order valence-corrected chi connectivity index (χ2v) is 4.67. The Morgan fingerprint density at radius 2 is 2.19 bits per heavy atom. The Bertz CT molecular complexity index is 338. The Morgan fingerprint density at radius 3 is 2.94 bits per heavy atom.